The molecule has 0 amide bonds. The summed E-state index contributed by atoms with van der Waals surface area (Å²) in [4.78, 5) is 73.5. The minimum absolute atomic E-state index is 0. The SMILES string of the molecule is CC(=O)[S-].CCOC(=O)CBr.CCOC(=O)CSC(C)=O.CCOC(=O)CSc1ccncc1-c1ccc(C#N)c2ccccc12.[2H]C([2H])([2H])C(C)(Sc1ccncc1-c1ccc(C#N)c2ccccc12)C(=O)O.[2H]CF.[K+]. The van der Waals surface area contributed by atoms with Gasteiger partial charge in [-0.25, -0.2) is 0 Å². The number of thioether (sulfide) groups is 3. The minimum atomic E-state index is -2.71. The number of nitrogens with zero attached hydrogens (tertiary/aromatic N) is 4. The quantitative estimate of drug-likeness (QED) is 0.0269. The van der Waals surface area contributed by atoms with E-state index in [-0.39, 0.29) is 91.0 Å². The molecule has 14 nitrogen and oxygen atoms in total. The predicted molar refractivity (Wildman–Crippen MR) is 294 cm³/mol. The first-order valence-corrected chi connectivity index (χ1v) is 25.8. The molecule has 0 aliphatic carbocycles. The molecule has 0 aliphatic rings. The van der Waals surface area contributed by atoms with Crippen LogP contribution < -0.4 is 51.4 Å². The van der Waals surface area contributed by atoms with E-state index in [2.05, 4.69) is 60.1 Å². The van der Waals surface area contributed by atoms with E-state index < -0.39 is 24.7 Å². The third kappa shape index (κ3) is 24.7. The second kappa shape index (κ2) is 38.7. The van der Waals surface area contributed by atoms with Gasteiger partial charge in [0.25, 0.3) is 0 Å². The van der Waals surface area contributed by atoms with E-state index in [1.165, 1.54) is 38.7 Å². The first kappa shape index (κ1) is 61.8. The van der Waals surface area contributed by atoms with E-state index in [1.54, 1.807) is 57.6 Å². The molecule has 0 spiro atoms. The largest absolute Gasteiger partial charge is 1.00 e. The van der Waals surface area contributed by atoms with E-state index in [1.807, 2.05) is 66.7 Å². The number of esters is 3. The van der Waals surface area contributed by atoms with Crippen LogP contribution in [0.25, 0.3) is 43.8 Å². The van der Waals surface area contributed by atoms with Gasteiger partial charge in [-0.3, -0.25) is 38.3 Å². The van der Waals surface area contributed by atoms with Gasteiger partial charge in [0, 0.05) is 72.6 Å². The molecule has 0 fully saturated rings. The number of carboxylic acids is 1. The maximum Gasteiger partial charge on any atom is 1.00 e. The molecule has 6 rings (SSSR count). The minimum Gasteiger partial charge on any atom is -0.742 e. The monoisotopic (exact) mass is 1180 g/mol. The van der Waals surface area contributed by atoms with Gasteiger partial charge >= 0.3 is 75.3 Å². The van der Waals surface area contributed by atoms with Gasteiger partial charge in [0.1, 0.15) is 10.1 Å². The van der Waals surface area contributed by atoms with E-state index in [4.69, 9.17) is 10.2 Å². The molecule has 6 aromatic rings. The summed E-state index contributed by atoms with van der Waals surface area (Å²) in [5.74, 6) is -1.81. The molecular formula is C53H55BrFKN4O10S4. The van der Waals surface area contributed by atoms with Crippen molar-refractivity contribution in [2.75, 3.05) is 43.8 Å². The van der Waals surface area contributed by atoms with Gasteiger partial charge in [0.15, 0.2) is 5.12 Å². The maximum atomic E-state index is 11.8. The number of benzene rings is 4. The zero-order chi connectivity index (χ0) is 58.1. The molecule has 2 heterocycles. The zero-order valence-corrected chi connectivity index (χ0v) is 49.6. The molecule has 1 atom stereocenters. The summed E-state index contributed by atoms with van der Waals surface area (Å²) in [7, 11) is -1.00. The van der Waals surface area contributed by atoms with E-state index >= 15 is 0 Å². The third-order valence-electron chi connectivity index (χ3n) is 8.72. The van der Waals surface area contributed by atoms with Crippen LogP contribution in [0.2, 0.25) is 0 Å². The number of pyridine rings is 2. The van der Waals surface area contributed by atoms with Crippen molar-refractivity contribution in [3.8, 4) is 34.4 Å². The fourth-order valence-corrected chi connectivity index (χ4v) is 8.14. The van der Waals surface area contributed by atoms with Crippen LogP contribution in [0.4, 0.5) is 4.39 Å². The Balaban J connectivity index is 0.00000107. The summed E-state index contributed by atoms with van der Waals surface area (Å²) >= 11 is 10.1. The fraction of sp³-hybridized carbons (Fsp3) is 0.283. The Morgan fingerprint density at radius 1 is 0.703 bits per heavy atom. The first-order valence-electron chi connectivity index (χ1n) is 23.7. The van der Waals surface area contributed by atoms with Gasteiger partial charge < -0.3 is 36.7 Å². The van der Waals surface area contributed by atoms with Crippen molar-refractivity contribution in [1.82, 2.24) is 9.97 Å². The summed E-state index contributed by atoms with van der Waals surface area (Å²) in [5.41, 5.74) is 4.47. The average molecular weight is 1180 g/mol. The van der Waals surface area contributed by atoms with Crippen LogP contribution in [0.3, 0.4) is 0 Å². The Hall–Kier alpha value is -4.78. The van der Waals surface area contributed by atoms with Gasteiger partial charge in [0.05, 0.1) is 63.1 Å². The number of hydrogen-bond donors (Lipinski definition) is 1. The number of nitriles is 2. The van der Waals surface area contributed by atoms with Gasteiger partial charge in [-0.2, -0.15) is 10.5 Å². The van der Waals surface area contributed by atoms with Crippen molar-refractivity contribution >= 4 is 119 Å². The number of hydrogen-bond acceptors (Lipinski definition) is 17. The summed E-state index contributed by atoms with van der Waals surface area (Å²) in [5, 5.41) is 31.7. The van der Waals surface area contributed by atoms with Crippen molar-refractivity contribution < 1.29 is 109 Å². The van der Waals surface area contributed by atoms with Crippen LogP contribution >= 0.6 is 51.2 Å². The van der Waals surface area contributed by atoms with Crippen LogP contribution in [-0.4, -0.2) is 97.7 Å². The number of aliphatic carboxylic acids is 1. The summed E-state index contributed by atoms with van der Waals surface area (Å²) in [6.07, 6.45) is 6.58. The van der Waals surface area contributed by atoms with Crippen LogP contribution in [0.5, 0.6) is 0 Å². The number of rotatable bonds is 14. The molecule has 2 aromatic heterocycles. The van der Waals surface area contributed by atoms with E-state index in [0.29, 0.717) is 46.7 Å². The number of carboxylic acid groups (broad SMARTS) is 1. The number of halogens is 2. The number of carbonyl (C=O) groups excluding carboxylic acids is 5. The van der Waals surface area contributed by atoms with Crippen LogP contribution in [0.15, 0.2) is 120 Å². The first-order chi connectivity index (χ1) is 36.5. The summed E-state index contributed by atoms with van der Waals surface area (Å²) in [6, 6.07) is 30.3. The van der Waals surface area contributed by atoms with Gasteiger partial charge in [0.2, 0.25) is 0 Å². The Bertz CT molecular complexity index is 3020. The Morgan fingerprint density at radius 3 is 1.49 bits per heavy atom. The number of alkyl halides is 2. The van der Waals surface area contributed by atoms with Gasteiger partial charge in [-0.1, -0.05) is 88.4 Å². The molecule has 1 N–H and O–H groups in total. The Labute approximate surface area is 506 Å². The molecule has 0 radical (unpaired) electrons. The molecule has 1 unspecified atom stereocenters. The topological polar surface area (TPSA) is 224 Å². The molecule has 0 bridgehead atoms. The smallest absolute Gasteiger partial charge is 0.742 e. The molecular weight excluding hydrogens is 1120 g/mol. The standard InChI is InChI=1S/2C20H16N2O2S.C6H10O3S.C4H7BrO2.C2H4OS.CH3F.K/c1-20(2,19(23)24)25-18-9-10-22-12-17(18)16-8-7-13(11-21)14-5-3-4-6-15(14)16;1-2-24-20(23)13-25-19-9-10-22-12-18(19)17-8-7-14(11-21)15-5-3-4-6-16(15)17;1-3-9-6(8)4-10-5(2)7;1-2-7-4(6)3-5;1-2(3)4;1-2;/h3-10,12H,1-2H3,(H,23,24);3-10,12H,2,13H2,1H3;3-4H2,1-2H3;2-3H2,1H3;1H3,(H,3,4);1H3;/q;;;;;;+1/p-1/i1D3;;;;;1D;. The summed E-state index contributed by atoms with van der Waals surface area (Å²) < 4.78 is 50.7. The molecule has 0 aliphatic heterocycles. The number of ether oxygens (including phenoxy) is 3. The normalized spacial score (nSPS) is 11.3. The van der Waals surface area contributed by atoms with Crippen molar-refractivity contribution in [3.05, 3.63) is 121 Å². The van der Waals surface area contributed by atoms with Crippen LogP contribution in [0.1, 0.15) is 65.0 Å². The Morgan fingerprint density at radius 2 is 1.11 bits per heavy atom. The Kier molecular flexibility index (Phi) is 32.3. The fourth-order valence-electron chi connectivity index (χ4n) is 5.81. The number of aromatic nitrogens is 2. The van der Waals surface area contributed by atoms with Crippen LogP contribution in [-0.2, 0) is 55.6 Å². The molecule has 0 saturated carbocycles. The molecule has 21 heteroatoms. The second-order valence-electron chi connectivity index (χ2n) is 13.9. The molecule has 74 heavy (non-hydrogen) atoms. The molecule has 386 valence electrons. The summed E-state index contributed by atoms with van der Waals surface area (Å²) in [6.45, 7) is 7.77. The molecule has 4 aromatic carbocycles. The van der Waals surface area contributed by atoms with Crippen molar-refractivity contribution in [1.29, 1.82) is 10.5 Å². The van der Waals surface area contributed by atoms with Gasteiger partial charge in [-0.15, -0.1) is 23.5 Å². The van der Waals surface area contributed by atoms with Crippen molar-refractivity contribution in [2.45, 2.75) is 62.9 Å². The average Bonchev–Trinajstić information content (AvgIpc) is 3.40. The van der Waals surface area contributed by atoms with E-state index in [9.17, 15) is 48.8 Å². The number of carbonyl (C=O) groups is 6. The predicted octanol–water partition coefficient (Wildman–Crippen LogP) is 8.60. The van der Waals surface area contributed by atoms with Gasteiger partial charge in [-0.05, 0) is 87.6 Å². The zero-order valence-electron chi connectivity index (χ0n) is 45.6. The van der Waals surface area contributed by atoms with Crippen molar-refractivity contribution in [3.63, 3.8) is 0 Å². The van der Waals surface area contributed by atoms with Crippen LogP contribution in [0, 0.1) is 22.7 Å². The second-order valence-corrected chi connectivity index (χ2v) is 18.7. The van der Waals surface area contributed by atoms with Crippen molar-refractivity contribution in [2.24, 2.45) is 0 Å². The maximum absolute atomic E-state index is 11.8. The number of fused-ring (bicyclic) bond motifs is 2. The van der Waals surface area contributed by atoms with E-state index in [0.717, 1.165) is 66.7 Å². The molecule has 0 saturated heterocycles. The third-order valence-corrected chi connectivity index (χ3v) is 12.2.